The molecule has 2 unspecified atom stereocenters. The van der Waals surface area contributed by atoms with E-state index in [4.69, 9.17) is 4.74 Å². The Bertz CT molecular complexity index is 656. The van der Waals surface area contributed by atoms with Gasteiger partial charge in [0.1, 0.15) is 12.3 Å². The van der Waals surface area contributed by atoms with E-state index in [9.17, 15) is 9.59 Å². The average molecular weight is 360 g/mol. The van der Waals surface area contributed by atoms with Gasteiger partial charge >= 0.3 is 0 Å². The van der Waals surface area contributed by atoms with E-state index >= 15 is 0 Å². The average Bonchev–Trinajstić information content (AvgIpc) is 2.97. The summed E-state index contributed by atoms with van der Waals surface area (Å²) in [7, 11) is 1.60. The van der Waals surface area contributed by atoms with Gasteiger partial charge < -0.3 is 14.5 Å². The predicted molar refractivity (Wildman–Crippen MR) is 99.8 cm³/mol. The lowest BCUT2D eigenvalue weighted by atomic mass is 9.91. The SMILES string of the molecule is COc1ccccc1N1CCN(C(=O)CCC2C(C)NNC2C)CC1=O. The van der Waals surface area contributed by atoms with E-state index in [-0.39, 0.29) is 18.4 Å². The van der Waals surface area contributed by atoms with E-state index in [0.717, 1.165) is 12.1 Å². The molecule has 2 aliphatic heterocycles. The Kier molecular flexibility index (Phi) is 5.78. The second-order valence-corrected chi connectivity index (χ2v) is 7.10. The number of hydrogen-bond donors (Lipinski definition) is 2. The molecule has 3 rings (SSSR count). The van der Waals surface area contributed by atoms with Gasteiger partial charge in [0, 0.05) is 31.6 Å². The number of hydrazine groups is 1. The van der Waals surface area contributed by atoms with Crippen LogP contribution in [0.15, 0.2) is 24.3 Å². The summed E-state index contributed by atoms with van der Waals surface area (Å²) in [5.41, 5.74) is 7.20. The van der Waals surface area contributed by atoms with Crippen LogP contribution < -0.4 is 20.5 Å². The Morgan fingerprint density at radius 3 is 2.54 bits per heavy atom. The third-order valence-electron chi connectivity index (χ3n) is 5.46. The Hall–Kier alpha value is -2.12. The van der Waals surface area contributed by atoms with Crippen LogP contribution in [0.25, 0.3) is 0 Å². The fourth-order valence-corrected chi connectivity index (χ4v) is 3.85. The zero-order valence-corrected chi connectivity index (χ0v) is 15.7. The topological polar surface area (TPSA) is 73.9 Å². The summed E-state index contributed by atoms with van der Waals surface area (Å²) < 4.78 is 5.35. The third kappa shape index (κ3) is 3.83. The molecule has 2 amide bonds. The molecule has 0 aliphatic carbocycles. The number of piperazine rings is 1. The van der Waals surface area contributed by atoms with Gasteiger partial charge in [-0.15, -0.1) is 0 Å². The highest BCUT2D eigenvalue weighted by Crippen LogP contribution is 2.29. The molecule has 142 valence electrons. The fraction of sp³-hybridized carbons (Fsp3) is 0.579. The van der Waals surface area contributed by atoms with Crippen LogP contribution in [-0.4, -0.2) is 55.5 Å². The molecule has 2 aliphatic rings. The van der Waals surface area contributed by atoms with Gasteiger partial charge in [-0.05, 0) is 38.3 Å². The standard InChI is InChI=1S/C19H28N4O3/c1-13-15(14(2)21-20-13)8-9-18(24)22-10-11-23(19(25)12-22)16-6-4-5-7-17(16)26-3/h4-7,13-15,20-21H,8-12H2,1-3H3. The number of carbonyl (C=O) groups is 2. The number of para-hydroxylation sites is 2. The molecule has 2 heterocycles. The number of amides is 2. The van der Waals surface area contributed by atoms with Crippen molar-refractivity contribution >= 4 is 17.5 Å². The van der Waals surface area contributed by atoms with E-state index in [0.29, 0.717) is 43.3 Å². The van der Waals surface area contributed by atoms with Crippen LogP contribution in [0, 0.1) is 5.92 Å². The summed E-state index contributed by atoms with van der Waals surface area (Å²) in [4.78, 5) is 28.6. The van der Waals surface area contributed by atoms with Gasteiger partial charge in [-0.3, -0.25) is 20.4 Å². The van der Waals surface area contributed by atoms with E-state index < -0.39 is 0 Å². The number of anilines is 1. The first-order chi connectivity index (χ1) is 12.5. The zero-order chi connectivity index (χ0) is 18.7. The van der Waals surface area contributed by atoms with Gasteiger partial charge in [-0.25, -0.2) is 0 Å². The highest BCUT2D eigenvalue weighted by molar-refractivity contribution is 5.99. The summed E-state index contributed by atoms with van der Waals surface area (Å²) in [6.45, 7) is 5.42. The molecule has 0 saturated carbocycles. The first-order valence-corrected chi connectivity index (χ1v) is 9.23. The Balaban J connectivity index is 1.56. The van der Waals surface area contributed by atoms with Crippen molar-refractivity contribution in [1.29, 1.82) is 0 Å². The summed E-state index contributed by atoms with van der Waals surface area (Å²) in [6, 6.07) is 8.17. The van der Waals surface area contributed by atoms with Crippen LogP contribution in [0.3, 0.4) is 0 Å². The fourth-order valence-electron chi connectivity index (χ4n) is 3.85. The molecular weight excluding hydrogens is 332 g/mol. The predicted octanol–water partition coefficient (Wildman–Crippen LogP) is 1.15. The molecule has 2 fully saturated rings. The molecule has 7 nitrogen and oxygen atoms in total. The van der Waals surface area contributed by atoms with Crippen LogP contribution in [0.1, 0.15) is 26.7 Å². The zero-order valence-electron chi connectivity index (χ0n) is 15.7. The van der Waals surface area contributed by atoms with Crippen molar-refractivity contribution in [2.75, 3.05) is 31.6 Å². The summed E-state index contributed by atoms with van der Waals surface area (Å²) >= 11 is 0. The van der Waals surface area contributed by atoms with Crippen molar-refractivity contribution in [1.82, 2.24) is 15.8 Å². The van der Waals surface area contributed by atoms with Crippen LogP contribution in [0.5, 0.6) is 5.75 Å². The molecule has 2 atom stereocenters. The number of ether oxygens (including phenoxy) is 1. The Morgan fingerprint density at radius 2 is 1.88 bits per heavy atom. The van der Waals surface area contributed by atoms with Crippen molar-refractivity contribution in [3.05, 3.63) is 24.3 Å². The molecular formula is C19H28N4O3. The van der Waals surface area contributed by atoms with Gasteiger partial charge in [0.25, 0.3) is 0 Å². The normalized spacial score (nSPS) is 26.3. The lowest BCUT2D eigenvalue weighted by Crippen LogP contribution is -2.52. The molecule has 0 aromatic heterocycles. The second kappa shape index (κ2) is 8.05. The summed E-state index contributed by atoms with van der Waals surface area (Å²) in [5, 5.41) is 0. The number of methoxy groups -OCH3 is 1. The molecule has 26 heavy (non-hydrogen) atoms. The minimum absolute atomic E-state index is 0.0596. The van der Waals surface area contributed by atoms with Crippen molar-refractivity contribution in [2.45, 2.75) is 38.8 Å². The van der Waals surface area contributed by atoms with Gasteiger partial charge in [-0.2, -0.15) is 0 Å². The minimum atomic E-state index is -0.0694. The van der Waals surface area contributed by atoms with Gasteiger partial charge in [0.05, 0.1) is 12.8 Å². The molecule has 1 aromatic rings. The van der Waals surface area contributed by atoms with Crippen LogP contribution in [-0.2, 0) is 9.59 Å². The molecule has 0 radical (unpaired) electrons. The van der Waals surface area contributed by atoms with Gasteiger partial charge in [0.2, 0.25) is 11.8 Å². The van der Waals surface area contributed by atoms with Gasteiger partial charge in [0.15, 0.2) is 0 Å². The maximum absolute atomic E-state index is 12.6. The Morgan fingerprint density at radius 1 is 1.19 bits per heavy atom. The molecule has 1 aromatic carbocycles. The largest absolute Gasteiger partial charge is 0.495 e. The first kappa shape index (κ1) is 18.7. The number of hydrogen-bond acceptors (Lipinski definition) is 5. The lowest BCUT2D eigenvalue weighted by molar-refractivity contribution is -0.137. The quantitative estimate of drug-likeness (QED) is 0.824. The van der Waals surface area contributed by atoms with Crippen LogP contribution >= 0.6 is 0 Å². The number of carbonyl (C=O) groups excluding carboxylic acids is 2. The second-order valence-electron chi connectivity index (χ2n) is 7.10. The highest BCUT2D eigenvalue weighted by Gasteiger charge is 2.32. The summed E-state index contributed by atoms with van der Waals surface area (Å²) in [6.07, 6.45) is 1.30. The van der Waals surface area contributed by atoms with Crippen molar-refractivity contribution in [3.63, 3.8) is 0 Å². The molecule has 2 saturated heterocycles. The summed E-state index contributed by atoms with van der Waals surface area (Å²) in [5.74, 6) is 1.08. The van der Waals surface area contributed by atoms with Crippen LogP contribution in [0.2, 0.25) is 0 Å². The number of rotatable bonds is 5. The van der Waals surface area contributed by atoms with E-state index in [1.54, 1.807) is 16.9 Å². The van der Waals surface area contributed by atoms with Crippen molar-refractivity contribution < 1.29 is 14.3 Å². The first-order valence-electron chi connectivity index (χ1n) is 9.23. The maximum atomic E-state index is 12.6. The molecule has 0 spiro atoms. The molecule has 7 heteroatoms. The van der Waals surface area contributed by atoms with Crippen LogP contribution in [0.4, 0.5) is 5.69 Å². The van der Waals surface area contributed by atoms with E-state index in [1.165, 1.54) is 0 Å². The third-order valence-corrected chi connectivity index (χ3v) is 5.46. The minimum Gasteiger partial charge on any atom is -0.495 e. The van der Waals surface area contributed by atoms with E-state index in [2.05, 4.69) is 24.7 Å². The van der Waals surface area contributed by atoms with E-state index in [1.807, 2.05) is 24.3 Å². The number of nitrogens with zero attached hydrogens (tertiary/aromatic N) is 2. The van der Waals surface area contributed by atoms with Crippen molar-refractivity contribution in [3.8, 4) is 5.75 Å². The number of benzene rings is 1. The smallest absolute Gasteiger partial charge is 0.246 e. The maximum Gasteiger partial charge on any atom is 0.246 e. The Labute approximate surface area is 154 Å². The highest BCUT2D eigenvalue weighted by atomic mass is 16.5. The van der Waals surface area contributed by atoms with Gasteiger partial charge in [-0.1, -0.05) is 12.1 Å². The monoisotopic (exact) mass is 360 g/mol. The molecule has 2 N–H and O–H groups in total. The lowest BCUT2D eigenvalue weighted by Gasteiger charge is -2.35. The van der Waals surface area contributed by atoms with Crippen molar-refractivity contribution in [2.24, 2.45) is 5.92 Å². The number of nitrogens with one attached hydrogen (secondary N) is 2. The molecule has 0 bridgehead atoms.